The zero-order valence-electron chi connectivity index (χ0n) is 7.17. The van der Waals surface area contributed by atoms with E-state index in [4.69, 9.17) is 9.47 Å². The van der Waals surface area contributed by atoms with Crippen LogP contribution in [0.15, 0.2) is 0 Å². The number of ether oxygens (including phenoxy) is 2. The van der Waals surface area contributed by atoms with E-state index in [1.807, 2.05) is 0 Å². The maximum absolute atomic E-state index is 5.59. The molecule has 2 aliphatic rings. The Morgan fingerprint density at radius 2 is 2.00 bits per heavy atom. The summed E-state index contributed by atoms with van der Waals surface area (Å²) in [6, 6.07) is 0.591. The highest BCUT2D eigenvalue weighted by atomic mass is 16.8. The summed E-state index contributed by atoms with van der Waals surface area (Å²) in [5.74, 6) is -0.348. The van der Waals surface area contributed by atoms with E-state index < -0.39 is 0 Å². The van der Waals surface area contributed by atoms with Gasteiger partial charge in [0, 0.05) is 12.5 Å². The maximum atomic E-state index is 5.59. The van der Waals surface area contributed by atoms with Crippen LogP contribution in [-0.2, 0) is 9.47 Å². The lowest BCUT2D eigenvalue weighted by Gasteiger charge is -2.31. The van der Waals surface area contributed by atoms with Gasteiger partial charge < -0.3 is 9.47 Å². The minimum atomic E-state index is -0.348. The summed E-state index contributed by atoms with van der Waals surface area (Å²) in [6.07, 6.45) is 2.20. The third kappa shape index (κ3) is 0.991. The van der Waals surface area contributed by atoms with E-state index in [0.717, 1.165) is 19.6 Å². The Morgan fingerprint density at radius 1 is 1.36 bits per heavy atom. The summed E-state index contributed by atoms with van der Waals surface area (Å²) in [6.45, 7) is 3.70. The maximum Gasteiger partial charge on any atom is 0.230 e. The number of likely N-dealkylation sites (tertiary alicyclic amines) is 1. The first-order chi connectivity index (χ1) is 5.25. The Labute approximate surface area is 67.3 Å². The molecular formula is C8H15NO2. The molecule has 2 aliphatic heterocycles. The molecule has 0 bridgehead atoms. The van der Waals surface area contributed by atoms with Crippen molar-refractivity contribution in [2.45, 2.75) is 31.7 Å². The summed E-state index contributed by atoms with van der Waals surface area (Å²) >= 11 is 0. The lowest BCUT2D eigenvalue weighted by Crippen LogP contribution is -2.44. The summed E-state index contributed by atoms with van der Waals surface area (Å²) in [5.41, 5.74) is 0. The SMILES string of the molecule is CC1CCC2(OCCO2)N1C. The summed E-state index contributed by atoms with van der Waals surface area (Å²) in [5, 5.41) is 0. The zero-order valence-corrected chi connectivity index (χ0v) is 7.17. The second-order valence-corrected chi connectivity index (χ2v) is 3.41. The van der Waals surface area contributed by atoms with E-state index in [-0.39, 0.29) is 5.91 Å². The van der Waals surface area contributed by atoms with Crippen LogP contribution in [0.2, 0.25) is 0 Å². The Morgan fingerprint density at radius 3 is 2.45 bits per heavy atom. The molecule has 1 spiro atoms. The molecule has 2 heterocycles. The third-order valence-corrected chi connectivity index (χ3v) is 2.82. The molecule has 0 aliphatic carbocycles. The van der Waals surface area contributed by atoms with Crippen molar-refractivity contribution in [3.05, 3.63) is 0 Å². The highest BCUT2D eigenvalue weighted by Gasteiger charge is 2.47. The molecule has 1 atom stereocenters. The molecule has 2 fully saturated rings. The van der Waals surface area contributed by atoms with E-state index in [1.165, 1.54) is 6.42 Å². The van der Waals surface area contributed by atoms with Crippen molar-refractivity contribution in [3.8, 4) is 0 Å². The highest BCUT2D eigenvalue weighted by molar-refractivity contribution is 4.85. The van der Waals surface area contributed by atoms with E-state index in [9.17, 15) is 0 Å². The van der Waals surface area contributed by atoms with Crippen molar-refractivity contribution < 1.29 is 9.47 Å². The monoisotopic (exact) mass is 157 g/mol. The first-order valence-corrected chi connectivity index (χ1v) is 4.25. The van der Waals surface area contributed by atoms with Crippen molar-refractivity contribution in [2.24, 2.45) is 0 Å². The molecular weight excluding hydrogens is 142 g/mol. The molecule has 0 amide bonds. The molecule has 0 N–H and O–H groups in total. The standard InChI is InChI=1S/C8H15NO2/c1-7-3-4-8(9(7)2)10-5-6-11-8/h7H,3-6H2,1-2H3. The average molecular weight is 157 g/mol. The van der Waals surface area contributed by atoms with Crippen LogP contribution in [-0.4, -0.2) is 37.1 Å². The average Bonchev–Trinajstić information content (AvgIpc) is 2.56. The van der Waals surface area contributed by atoms with Gasteiger partial charge in [0.15, 0.2) is 0 Å². The summed E-state index contributed by atoms with van der Waals surface area (Å²) in [7, 11) is 2.07. The van der Waals surface area contributed by atoms with Crippen LogP contribution in [0, 0.1) is 0 Å². The van der Waals surface area contributed by atoms with Gasteiger partial charge in [0.1, 0.15) is 0 Å². The third-order valence-electron chi connectivity index (χ3n) is 2.82. The van der Waals surface area contributed by atoms with E-state index in [0.29, 0.717) is 6.04 Å². The summed E-state index contributed by atoms with van der Waals surface area (Å²) in [4.78, 5) is 2.19. The van der Waals surface area contributed by atoms with Crippen molar-refractivity contribution in [1.82, 2.24) is 4.90 Å². The molecule has 2 rings (SSSR count). The van der Waals surface area contributed by atoms with Gasteiger partial charge in [0.25, 0.3) is 0 Å². The van der Waals surface area contributed by atoms with Gasteiger partial charge in [-0.3, -0.25) is 4.90 Å². The second kappa shape index (κ2) is 2.44. The molecule has 0 saturated carbocycles. The quantitative estimate of drug-likeness (QED) is 0.519. The predicted octanol–water partition coefficient (Wildman–Crippen LogP) is 0.801. The normalized spacial score (nSPS) is 37.1. The van der Waals surface area contributed by atoms with Gasteiger partial charge in [-0.15, -0.1) is 0 Å². The molecule has 64 valence electrons. The van der Waals surface area contributed by atoms with Crippen LogP contribution in [0.4, 0.5) is 0 Å². The van der Waals surface area contributed by atoms with E-state index in [2.05, 4.69) is 18.9 Å². The molecule has 0 aromatic heterocycles. The van der Waals surface area contributed by atoms with Crippen LogP contribution in [0.25, 0.3) is 0 Å². The van der Waals surface area contributed by atoms with Crippen LogP contribution >= 0.6 is 0 Å². The molecule has 3 heteroatoms. The van der Waals surface area contributed by atoms with E-state index >= 15 is 0 Å². The fourth-order valence-corrected chi connectivity index (χ4v) is 1.89. The fourth-order valence-electron chi connectivity index (χ4n) is 1.89. The van der Waals surface area contributed by atoms with Gasteiger partial charge in [-0.25, -0.2) is 0 Å². The Bertz CT molecular complexity index is 154. The van der Waals surface area contributed by atoms with Crippen molar-refractivity contribution in [3.63, 3.8) is 0 Å². The minimum Gasteiger partial charge on any atom is -0.335 e. The number of rotatable bonds is 0. The Hall–Kier alpha value is -0.120. The first kappa shape index (κ1) is 7.53. The predicted molar refractivity (Wildman–Crippen MR) is 41.1 cm³/mol. The largest absolute Gasteiger partial charge is 0.335 e. The van der Waals surface area contributed by atoms with Crippen LogP contribution in [0.5, 0.6) is 0 Å². The van der Waals surface area contributed by atoms with Gasteiger partial charge in [0.2, 0.25) is 5.91 Å². The fraction of sp³-hybridized carbons (Fsp3) is 1.00. The zero-order chi connectivity index (χ0) is 7.90. The Kier molecular flexibility index (Phi) is 1.67. The number of hydrogen-bond donors (Lipinski definition) is 0. The highest BCUT2D eigenvalue weighted by Crippen LogP contribution is 2.36. The molecule has 0 aromatic rings. The molecule has 1 unspecified atom stereocenters. The summed E-state index contributed by atoms with van der Waals surface area (Å²) < 4.78 is 11.2. The van der Waals surface area contributed by atoms with Gasteiger partial charge in [0.05, 0.1) is 13.2 Å². The van der Waals surface area contributed by atoms with E-state index in [1.54, 1.807) is 0 Å². The molecule has 0 radical (unpaired) electrons. The van der Waals surface area contributed by atoms with Crippen molar-refractivity contribution in [1.29, 1.82) is 0 Å². The topological polar surface area (TPSA) is 21.7 Å². The van der Waals surface area contributed by atoms with Gasteiger partial charge in [-0.2, -0.15) is 0 Å². The molecule has 3 nitrogen and oxygen atoms in total. The van der Waals surface area contributed by atoms with Crippen LogP contribution < -0.4 is 0 Å². The van der Waals surface area contributed by atoms with Gasteiger partial charge in [-0.05, 0) is 20.4 Å². The molecule has 11 heavy (non-hydrogen) atoms. The molecule has 2 saturated heterocycles. The Balaban J connectivity index is 2.13. The minimum absolute atomic E-state index is 0.348. The van der Waals surface area contributed by atoms with Gasteiger partial charge in [-0.1, -0.05) is 0 Å². The van der Waals surface area contributed by atoms with Crippen molar-refractivity contribution >= 4 is 0 Å². The lowest BCUT2D eigenvalue weighted by molar-refractivity contribution is -0.237. The smallest absolute Gasteiger partial charge is 0.230 e. The number of hydrogen-bond acceptors (Lipinski definition) is 3. The van der Waals surface area contributed by atoms with Crippen molar-refractivity contribution in [2.75, 3.05) is 20.3 Å². The second-order valence-electron chi connectivity index (χ2n) is 3.41. The first-order valence-electron chi connectivity index (χ1n) is 4.25. The molecule has 0 aromatic carbocycles. The van der Waals surface area contributed by atoms with Crippen LogP contribution in [0.3, 0.4) is 0 Å². The lowest BCUT2D eigenvalue weighted by atomic mass is 10.2. The van der Waals surface area contributed by atoms with Crippen LogP contribution in [0.1, 0.15) is 19.8 Å². The number of nitrogens with zero attached hydrogens (tertiary/aromatic N) is 1. The van der Waals surface area contributed by atoms with Gasteiger partial charge >= 0.3 is 0 Å².